The summed E-state index contributed by atoms with van der Waals surface area (Å²) in [7, 11) is 1.35. The van der Waals surface area contributed by atoms with Gasteiger partial charge in [-0.1, -0.05) is 41.9 Å². The zero-order valence-corrected chi connectivity index (χ0v) is 11.8. The van der Waals surface area contributed by atoms with Crippen molar-refractivity contribution in [1.29, 1.82) is 0 Å². The van der Waals surface area contributed by atoms with Gasteiger partial charge in [0.25, 0.3) is 9.05 Å². The largest absolute Gasteiger partial charge is 0.289 e. The minimum absolute atomic E-state index is 0.106. The molecule has 0 aliphatic heterocycles. The fraction of sp³-hybridized carbons (Fsp3) is 0. The van der Waals surface area contributed by atoms with Crippen molar-refractivity contribution in [2.75, 3.05) is 0 Å². The molecule has 0 radical (unpaired) electrons. The predicted octanol–water partition coefficient (Wildman–Crippen LogP) is 3.50. The van der Waals surface area contributed by atoms with E-state index in [2.05, 4.69) is 0 Å². The number of rotatable bonds is 3. The van der Waals surface area contributed by atoms with Crippen LogP contribution in [0.1, 0.15) is 15.9 Å². The molecule has 98 valence electrons. The SMILES string of the molecule is O=C(c1ccccc1)c1cc(S(=O)(=O)Cl)ccc1Cl. The Morgan fingerprint density at radius 1 is 1.00 bits per heavy atom. The normalized spacial score (nSPS) is 11.3. The van der Waals surface area contributed by atoms with Crippen LogP contribution in [0.3, 0.4) is 0 Å². The molecule has 0 bridgehead atoms. The van der Waals surface area contributed by atoms with Gasteiger partial charge in [-0.15, -0.1) is 0 Å². The lowest BCUT2D eigenvalue weighted by Gasteiger charge is -2.05. The molecular formula is C13H8Cl2O3S. The first-order chi connectivity index (χ1) is 8.89. The van der Waals surface area contributed by atoms with Gasteiger partial charge in [0.1, 0.15) is 0 Å². The van der Waals surface area contributed by atoms with E-state index >= 15 is 0 Å². The third-order valence-corrected chi connectivity index (χ3v) is 4.18. The van der Waals surface area contributed by atoms with Gasteiger partial charge in [0.05, 0.1) is 9.92 Å². The van der Waals surface area contributed by atoms with Crippen LogP contribution in [0.4, 0.5) is 0 Å². The maximum atomic E-state index is 12.2. The van der Waals surface area contributed by atoms with Crippen molar-refractivity contribution in [3.8, 4) is 0 Å². The standard InChI is InChI=1S/C13H8Cl2O3S/c14-12-7-6-10(19(15,17)18)8-11(12)13(16)9-4-2-1-3-5-9/h1-8H. The smallest absolute Gasteiger partial charge is 0.261 e. The number of hydrogen-bond acceptors (Lipinski definition) is 3. The molecule has 0 atom stereocenters. The minimum Gasteiger partial charge on any atom is -0.289 e. The summed E-state index contributed by atoms with van der Waals surface area (Å²) in [5.74, 6) is -0.354. The molecule has 0 amide bonds. The van der Waals surface area contributed by atoms with Crippen LogP contribution in [0.15, 0.2) is 53.4 Å². The van der Waals surface area contributed by atoms with Crippen LogP contribution in [-0.2, 0) is 9.05 Å². The summed E-state index contributed by atoms with van der Waals surface area (Å²) in [4.78, 5) is 12.1. The Morgan fingerprint density at radius 3 is 2.21 bits per heavy atom. The first kappa shape index (κ1) is 14.1. The summed E-state index contributed by atoms with van der Waals surface area (Å²) < 4.78 is 22.5. The molecule has 2 rings (SSSR count). The first-order valence-electron chi connectivity index (χ1n) is 5.23. The van der Waals surface area contributed by atoms with Crippen LogP contribution in [0.5, 0.6) is 0 Å². The van der Waals surface area contributed by atoms with Crippen LogP contribution in [0.2, 0.25) is 5.02 Å². The van der Waals surface area contributed by atoms with Gasteiger partial charge >= 0.3 is 0 Å². The van der Waals surface area contributed by atoms with E-state index in [1.165, 1.54) is 18.2 Å². The van der Waals surface area contributed by atoms with E-state index in [1.807, 2.05) is 0 Å². The Bertz CT molecular complexity index is 725. The van der Waals surface area contributed by atoms with Gasteiger partial charge < -0.3 is 0 Å². The van der Waals surface area contributed by atoms with Gasteiger partial charge in [-0.05, 0) is 18.2 Å². The highest BCUT2D eigenvalue weighted by molar-refractivity contribution is 8.13. The Balaban J connectivity index is 2.54. The minimum atomic E-state index is -3.90. The molecule has 19 heavy (non-hydrogen) atoms. The van der Waals surface area contributed by atoms with Gasteiger partial charge in [-0.3, -0.25) is 4.79 Å². The van der Waals surface area contributed by atoms with Crippen molar-refractivity contribution >= 4 is 37.1 Å². The number of carbonyl (C=O) groups is 1. The molecule has 2 aromatic rings. The van der Waals surface area contributed by atoms with Gasteiger partial charge in [0.15, 0.2) is 5.78 Å². The molecule has 0 heterocycles. The molecule has 0 unspecified atom stereocenters. The number of benzene rings is 2. The Morgan fingerprint density at radius 2 is 1.63 bits per heavy atom. The second kappa shape index (κ2) is 5.33. The van der Waals surface area contributed by atoms with E-state index in [-0.39, 0.29) is 21.3 Å². The second-order valence-electron chi connectivity index (χ2n) is 3.77. The summed E-state index contributed by atoms with van der Waals surface area (Å²) in [6, 6.07) is 12.2. The van der Waals surface area contributed by atoms with Crippen LogP contribution in [0, 0.1) is 0 Å². The number of ketones is 1. The quantitative estimate of drug-likeness (QED) is 0.643. The highest BCUT2D eigenvalue weighted by Crippen LogP contribution is 2.25. The van der Waals surface area contributed by atoms with E-state index in [0.717, 1.165) is 0 Å². The molecule has 2 aromatic carbocycles. The van der Waals surface area contributed by atoms with Crippen molar-refractivity contribution in [2.24, 2.45) is 0 Å². The van der Waals surface area contributed by atoms with Crippen LogP contribution in [-0.4, -0.2) is 14.2 Å². The summed E-state index contributed by atoms with van der Waals surface area (Å²) in [6.07, 6.45) is 0. The lowest BCUT2D eigenvalue weighted by molar-refractivity contribution is 0.103. The topological polar surface area (TPSA) is 51.2 Å². The average molecular weight is 315 g/mol. The molecular weight excluding hydrogens is 307 g/mol. The molecule has 0 aliphatic rings. The molecule has 0 aliphatic carbocycles. The monoisotopic (exact) mass is 314 g/mol. The average Bonchev–Trinajstić information content (AvgIpc) is 2.38. The van der Waals surface area contributed by atoms with E-state index in [9.17, 15) is 13.2 Å². The molecule has 0 saturated heterocycles. The zero-order chi connectivity index (χ0) is 14.0. The molecule has 6 heteroatoms. The highest BCUT2D eigenvalue weighted by atomic mass is 35.7. The maximum absolute atomic E-state index is 12.2. The van der Waals surface area contributed by atoms with Crippen molar-refractivity contribution in [3.05, 3.63) is 64.7 Å². The van der Waals surface area contributed by atoms with E-state index in [0.29, 0.717) is 5.56 Å². The molecule has 0 fully saturated rings. The number of halogens is 2. The van der Waals surface area contributed by atoms with E-state index < -0.39 is 9.05 Å². The van der Waals surface area contributed by atoms with Crippen molar-refractivity contribution in [3.63, 3.8) is 0 Å². The molecule has 0 spiro atoms. The fourth-order valence-electron chi connectivity index (χ4n) is 1.58. The van der Waals surface area contributed by atoms with Crippen molar-refractivity contribution in [2.45, 2.75) is 4.90 Å². The van der Waals surface area contributed by atoms with Crippen molar-refractivity contribution in [1.82, 2.24) is 0 Å². The van der Waals surface area contributed by atoms with Gasteiger partial charge in [-0.25, -0.2) is 8.42 Å². The molecule has 0 N–H and O–H groups in total. The van der Waals surface area contributed by atoms with Crippen LogP contribution in [0.25, 0.3) is 0 Å². The van der Waals surface area contributed by atoms with E-state index in [4.69, 9.17) is 22.3 Å². The summed E-state index contributed by atoms with van der Waals surface area (Å²) in [5, 5.41) is 0.179. The molecule has 3 nitrogen and oxygen atoms in total. The van der Waals surface area contributed by atoms with E-state index in [1.54, 1.807) is 30.3 Å². The second-order valence-corrected chi connectivity index (χ2v) is 6.75. The predicted molar refractivity (Wildman–Crippen MR) is 74.4 cm³/mol. The Hall–Kier alpha value is -1.36. The highest BCUT2D eigenvalue weighted by Gasteiger charge is 2.17. The maximum Gasteiger partial charge on any atom is 0.261 e. The fourth-order valence-corrected chi connectivity index (χ4v) is 2.56. The van der Waals surface area contributed by atoms with Crippen LogP contribution < -0.4 is 0 Å². The van der Waals surface area contributed by atoms with Gasteiger partial charge in [0, 0.05) is 21.8 Å². The molecule has 0 aromatic heterocycles. The lowest BCUT2D eigenvalue weighted by atomic mass is 10.0. The lowest BCUT2D eigenvalue weighted by Crippen LogP contribution is -2.03. The first-order valence-corrected chi connectivity index (χ1v) is 7.92. The zero-order valence-electron chi connectivity index (χ0n) is 9.51. The number of carbonyl (C=O) groups excluding carboxylic acids is 1. The van der Waals surface area contributed by atoms with Crippen molar-refractivity contribution < 1.29 is 13.2 Å². The summed E-state index contributed by atoms with van der Waals surface area (Å²) in [6.45, 7) is 0. The third-order valence-electron chi connectivity index (χ3n) is 2.50. The van der Waals surface area contributed by atoms with Gasteiger partial charge in [0.2, 0.25) is 0 Å². The Labute approximate surface area is 120 Å². The summed E-state index contributed by atoms with van der Waals surface area (Å²) >= 11 is 5.93. The molecule has 0 saturated carbocycles. The third kappa shape index (κ3) is 3.15. The van der Waals surface area contributed by atoms with Gasteiger partial charge in [-0.2, -0.15) is 0 Å². The van der Waals surface area contributed by atoms with Crippen LogP contribution >= 0.6 is 22.3 Å². The number of hydrogen-bond donors (Lipinski definition) is 0. The Kier molecular flexibility index (Phi) is 3.94. The summed E-state index contributed by atoms with van der Waals surface area (Å²) in [5.41, 5.74) is 0.531.